The van der Waals surface area contributed by atoms with Crippen LogP contribution in [0.5, 0.6) is 5.75 Å². The predicted octanol–water partition coefficient (Wildman–Crippen LogP) is 3.92. The maximum Gasteiger partial charge on any atom is 0.338 e. The molecule has 9 heteroatoms. The molecule has 1 atom stereocenters. The van der Waals surface area contributed by atoms with E-state index in [1.54, 1.807) is 26.8 Å². The van der Waals surface area contributed by atoms with Gasteiger partial charge in [0.1, 0.15) is 6.61 Å². The van der Waals surface area contributed by atoms with Gasteiger partial charge in [0.2, 0.25) is 0 Å². The Morgan fingerprint density at radius 1 is 1.23 bits per heavy atom. The van der Waals surface area contributed by atoms with Crippen molar-refractivity contribution in [2.24, 2.45) is 0 Å². The molecule has 0 amide bonds. The molecule has 162 valence electrons. The maximum atomic E-state index is 12.7. The van der Waals surface area contributed by atoms with Gasteiger partial charge in [-0.15, -0.1) is 0 Å². The van der Waals surface area contributed by atoms with Crippen LogP contribution in [0.3, 0.4) is 0 Å². The van der Waals surface area contributed by atoms with E-state index in [0.29, 0.717) is 21.9 Å². The number of benzene rings is 2. The molecule has 1 heterocycles. The Balaban J connectivity index is 1.94. The van der Waals surface area contributed by atoms with Gasteiger partial charge in [-0.05, 0) is 50.2 Å². The Morgan fingerprint density at radius 2 is 1.94 bits per heavy atom. The maximum absolute atomic E-state index is 12.7. The molecule has 0 aromatic heterocycles. The number of ether oxygens (including phenoxy) is 2. The number of nitro groups is 1. The van der Waals surface area contributed by atoms with Gasteiger partial charge in [-0.2, -0.15) is 0 Å². The first-order valence-corrected chi connectivity index (χ1v) is 10.1. The molecule has 0 fully saturated rings. The first-order valence-electron chi connectivity index (χ1n) is 9.70. The van der Waals surface area contributed by atoms with Gasteiger partial charge in [-0.25, -0.2) is 4.79 Å². The average molecular weight is 442 g/mol. The number of esters is 1. The van der Waals surface area contributed by atoms with Crippen LogP contribution >= 0.6 is 12.2 Å². The van der Waals surface area contributed by atoms with E-state index in [1.165, 1.54) is 12.1 Å². The summed E-state index contributed by atoms with van der Waals surface area (Å²) in [4.78, 5) is 23.9. The Morgan fingerprint density at radius 3 is 2.58 bits per heavy atom. The fraction of sp³-hybridized carbons (Fsp3) is 0.273. The van der Waals surface area contributed by atoms with Crippen molar-refractivity contribution in [2.45, 2.75) is 39.5 Å². The molecule has 2 aromatic carbocycles. The summed E-state index contributed by atoms with van der Waals surface area (Å²) in [7, 11) is 0. The number of nitrogens with one attached hydrogen (secondary N) is 2. The van der Waals surface area contributed by atoms with E-state index in [1.807, 2.05) is 30.3 Å². The number of allylic oxidation sites excluding steroid dienone is 1. The third kappa shape index (κ3) is 5.37. The minimum absolute atomic E-state index is 0.140. The second-order valence-electron chi connectivity index (χ2n) is 7.28. The highest BCUT2D eigenvalue weighted by Crippen LogP contribution is 2.35. The summed E-state index contributed by atoms with van der Waals surface area (Å²) >= 11 is 5.23. The van der Waals surface area contributed by atoms with E-state index in [2.05, 4.69) is 10.6 Å². The Bertz CT molecular complexity index is 1040. The van der Waals surface area contributed by atoms with Crippen LogP contribution < -0.4 is 15.4 Å². The molecule has 0 bridgehead atoms. The van der Waals surface area contributed by atoms with Crippen molar-refractivity contribution in [3.63, 3.8) is 0 Å². The fourth-order valence-corrected chi connectivity index (χ4v) is 3.48. The van der Waals surface area contributed by atoms with Gasteiger partial charge in [-0.3, -0.25) is 10.1 Å². The van der Waals surface area contributed by atoms with Gasteiger partial charge in [0.25, 0.3) is 0 Å². The number of carbonyl (C=O) groups excluding carboxylic acids is 1. The van der Waals surface area contributed by atoms with E-state index >= 15 is 0 Å². The fourth-order valence-electron chi connectivity index (χ4n) is 3.21. The van der Waals surface area contributed by atoms with E-state index in [4.69, 9.17) is 21.7 Å². The number of nitrogens with zero attached hydrogens (tertiary/aromatic N) is 1. The van der Waals surface area contributed by atoms with Crippen molar-refractivity contribution in [1.82, 2.24) is 10.6 Å². The summed E-state index contributed by atoms with van der Waals surface area (Å²) in [5.41, 5.74) is 2.04. The van der Waals surface area contributed by atoms with Crippen LogP contribution in [0, 0.1) is 10.1 Å². The molecular weight excluding hydrogens is 418 g/mol. The minimum atomic E-state index is -0.693. The zero-order valence-corrected chi connectivity index (χ0v) is 18.2. The number of carbonyl (C=O) groups is 1. The smallest absolute Gasteiger partial charge is 0.338 e. The van der Waals surface area contributed by atoms with Crippen molar-refractivity contribution < 1.29 is 19.2 Å². The predicted molar refractivity (Wildman–Crippen MR) is 119 cm³/mol. The molecule has 0 saturated carbocycles. The first-order chi connectivity index (χ1) is 14.8. The highest BCUT2D eigenvalue weighted by atomic mass is 32.1. The highest BCUT2D eigenvalue weighted by Gasteiger charge is 2.33. The lowest BCUT2D eigenvalue weighted by Gasteiger charge is -2.30. The molecule has 1 unspecified atom stereocenters. The van der Waals surface area contributed by atoms with Gasteiger partial charge >= 0.3 is 11.7 Å². The highest BCUT2D eigenvalue weighted by molar-refractivity contribution is 7.80. The monoisotopic (exact) mass is 441 g/mol. The summed E-state index contributed by atoms with van der Waals surface area (Å²) in [5, 5.41) is 18.0. The standard InChI is InChI=1S/C22H23N3O5S/c1-13(2)30-21(26)19-14(3)23-22(31)24-20(19)16-9-10-18(17(11-16)25(27)28)29-12-15-7-5-4-6-8-15/h4-11,13,20H,12H2,1-3H3,(H2,23,24,31). The second-order valence-corrected chi connectivity index (χ2v) is 7.69. The van der Waals surface area contributed by atoms with Crippen LogP contribution in [-0.2, 0) is 16.1 Å². The zero-order chi connectivity index (χ0) is 22.5. The van der Waals surface area contributed by atoms with Crippen LogP contribution in [0.4, 0.5) is 5.69 Å². The van der Waals surface area contributed by atoms with Crippen molar-refractivity contribution in [3.05, 3.63) is 81.0 Å². The Labute approximate surface area is 185 Å². The van der Waals surface area contributed by atoms with E-state index < -0.39 is 16.9 Å². The zero-order valence-electron chi connectivity index (χ0n) is 17.4. The lowest BCUT2D eigenvalue weighted by atomic mass is 9.95. The second kappa shape index (κ2) is 9.57. The molecule has 8 nitrogen and oxygen atoms in total. The first kappa shape index (κ1) is 22.2. The SMILES string of the molecule is CC1=C(C(=O)OC(C)C)C(c2ccc(OCc3ccccc3)c([N+](=O)[O-])c2)NC(=S)N1. The number of thiocarbonyl (C=S) groups is 1. The van der Waals surface area contributed by atoms with Gasteiger partial charge < -0.3 is 20.1 Å². The third-order valence-corrected chi connectivity index (χ3v) is 4.80. The number of rotatable bonds is 7. The van der Waals surface area contributed by atoms with E-state index in [9.17, 15) is 14.9 Å². The van der Waals surface area contributed by atoms with Crippen LogP contribution in [0.15, 0.2) is 59.8 Å². The molecular formula is C22H23N3O5S. The topological polar surface area (TPSA) is 103 Å². The third-order valence-electron chi connectivity index (χ3n) is 4.58. The van der Waals surface area contributed by atoms with Gasteiger partial charge in [0.05, 0.1) is 22.6 Å². The summed E-state index contributed by atoms with van der Waals surface area (Å²) < 4.78 is 11.0. The van der Waals surface area contributed by atoms with Crippen molar-refractivity contribution in [2.75, 3.05) is 0 Å². The quantitative estimate of drug-likeness (QED) is 0.288. The van der Waals surface area contributed by atoms with Crippen LogP contribution in [0.2, 0.25) is 0 Å². The van der Waals surface area contributed by atoms with E-state index in [-0.39, 0.29) is 24.1 Å². The minimum Gasteiger partial charge on any atom is -0.482 e. The molecule has 2 N–H and O–H groups in total. The number of hydrogen-bond donors (Lipinski definition) is 2. The Hall–Kier alpha value is -3.46. The van der Waals surface area contributed by atoms with Crippen LogP contribution in [0.25, 0.3) is 0 Å². The lowest BCUT2D eigenvalue weighted by molar-refractivity contribution is -0.386. The number of hydrogen-bond acceptors (Lipinski definition) is 6. The van der Waals surface area contributed by atoms with Crippen molar-refractivity contribution >= 4 is 29.0 Å². The van der Waals surface area contributed by atoms with Gasteiger partial charge in [-0.1, -0.05) is 36.4 Å². The molecule has 0 spiro atoms. The summed E-state index contributed by atoms with van der Waals surface area (Å²) in [6.45, 7) is 5.41. The summed E-state index contributed by atoms with van der Waals surface area (Å²) in [5.74, 6) is -0.381. The molecule has 0 aliphatic carbocycles. The van der Waals surface area contributed by atoms with Crippen molar-refractivity contribution in [1.29, 1.82) is 0 Å². The van der Waals surface area contributed by atoms with E-state index in [0.717, 1.165) is 5.56 Å². The van der Waals surface area contributed by atoms with Crippen LogP contribution in [0.1, 0.15) is 37.9 Å². The molecule has 1 aliphatic heterocycles. The molecule has 0 saturated heterocycles. The average Bonchev–Trinajstić information content (AvgIpc) is 2.71. The lowest BCUT2D eigenvalue weighted by Crippen LogP contribution is -2.45. The van der Waals surface area contributed by atoms with Gasteiger partial charge in [0.15, 0.2) is 10.9 Å². The Kier molecular flexibility index (Phi) is 6.86. The largest absolute Gasteiger partial charge is 0.482 e. The van der Waals surface area contributed by atoms with Crippen LogP contribution in [-0.4, -0.2) is 22.1 Å². The normalized spacial score (nSPS) is 15.9. The molecule has 0 radical (unpaired) electrons. The number of nitro benzene ring substituents is 1. The molecule has 3 rings (SSSR count). The molecule has 2 aromatic rings. The molecule has 31 heavy (non-hydrogen) atoms. The molecule has 1 aliphatic rings. The van der Waals surface area contributed by atoms with Gasteiger partial charge in [0, 0.05) is 11.8 Å². The summed E-state index contributed by atoms with van der Waals surface area (Å²) in [6.07, 6.45) is -0.314. The summed E-state index contributed by atoms with van der Waals surface area (Å²) in [6, 6.07) is 13.3. The van der Waals surface area contributed by atoms with Crippen molar-refractivity contribution in [3.8, 4) is 5.75 Å².